The summed E-state index contributed by atoms with van der Waals surface area (Å²) in [5.74, 6) is 0. The van der Waals surface area contributed by atoms with E-state index in [1.54, 1.807) is 31.2 Å². The molecule has 4 aromatic rings. The lowest BCUT2D eigenvalue weighted by atomic mass is 9.81. The first-order valence-corrected chi connectivity index (χ1v) is 14.5. The third kappa shape index (κ3) is 5.30. The van der Waals surface area contributed by atoms with Gasteiger partial charge in [-0.25, -0.2) is 26.4 Å². The zero-order valence-electron chi connectivity index (χ0n) is 20.2. The second-order valence-electron chi connectivity index (χ2n) is 8.29. The Balaban J connectivity index is 1.88. The van der Waals surface area contributed by atoms with Gasteiger partial charge in [0.1, 0.15) is 0 Å². The van der Waals surface area contributed by atoms with E-state index in [1.807, 2.05) is 6.92 Å². The van der Waals surface area contributed by atoms with Crippen molar-refractivity contribution < 1.29 is 32.2 Å². The van der Waals surface area contributed by atoms with Gasteiger partial charge in [-0.1, -0.05) is 29.8 Å². The number of hydrogen-bond donors (Lipinski definition) is 2. The first-order chi connectivity index (χ1) is 17.4. The molecule has 0 aliphatic rings. The normalized spacial score (nSPS) is 13.2. The van der Waals surface area contributed by atoms with Crippen molar-refractivity contribution in [3.8, 4) is 11.1 Å². The average Bonchev–Trinajstić information content (AvgIpc) is 3.24. The monoisotopic (exact) mass is 541 g/mol. The summed E-state index contributed by atoms with van der Waals surface area (Å²) in [5.41, 5.74) is 2.07. The van der Waals surface area contributed by atoms with Gasteiger partial charge in [0.25, 0.3) is 10.0 Å². The third-order valence-corrected chi connectivity index (χ3v) is 8.94. The fourth-order valence-corrected chi connectivity index (χ4v) is 6.11. The van der Waals surface area contributed by atoms with E-state index < -0.39 is 33.0 Å². The van der Waals surface area contributed by atoms with Crippen LogP contribution in [0.3, 0.4) is 0 Å². The standard InChI is InChI=1S/C24H24BN3O7S2/c1-4-35-24(29)27-36(3,32)19-11-7-17(8-12-19)22-15-28(23-21(22)13-18(14-26-23)25(30)31)37(33,34)20-9-5-16(2)6-10-20/h5-15,30-31H,4H2,1-3H3. The molecule has 10 nitrogen and oxygen atoms in total. The van der Waals surface area contributed by atoms with Gasteiger partial charge < -0.3 is 14.8 Å². The Bertz CT molecular complexity index is 1710. The van der Waals surface area contributed by atoms with Crippen LogP contribution in [0.25, 0.3) is 22.2 Å². The number of carbonyl (C=O) groups excluding carboxylic acids is 1. The number of hydrogen-bond acceptors (Lipinski definition) is 8. The summed E-state index contributed by atoms with van der Waals surface area (Å²) < 4.78 is 49.4. The molecule has 2 aromatic carbocycles. The van der Waals surface area contributed by atoms with E-state index in [1.165, 1.54) is 49.0 Å². The zero-order valence-corrected chi connectivity index (χ0v) is 21.9. The number of carbonyl (C=O) groups is 1. The summed E-state index contributed by atoms with van der Waals surface area (Å²) in [6.07, 6.45) is 2.99. The van der Waals surface area contributed by atoms with Crippen LogP contribution in [-0.2, 0) is 24.5 Å². The number of fused-ring (bicyclic) bond motifs is 1. The molecule has 192 valence electrons. The second-order valence-corrected chi connectivity index (χ2v) is 12.4. The largest absolute Gasteiger partial charge is 0.490 e. The Hall–Kier alpha value is -3.52. The quantitative estimate of drug-likeness (QED) is 0.354. The van der Waals surface area contributed by atoms with Crippen molar-refractivity contribution in [1.29, 1.82) is 0 Å². The molecule has 1 amide bonds. The number of pyridine rings is 1. The SMILES string of the molecule is CCOC(=O)N=S(C)(=O)c1ccc(-c2cn(S(=O)(=O)c3ccc(C)cc3)c3ncc(B(O)O)cc23)cc1. The number of amides is 1. The van der Waals surface area contributed by atoms with Crippen LogP contribution in [0.4, 0.5) is 4.79 Å². The highest BCUT2D eigenvalue weighted by Gasteiger charge is 2.24. The summed E-state index contributed by atoms with van der Waals surface area (Å²) in [6.45, 7) is 3.57. The van der Waals surface area contributed by atoms with E-state index in [-0.39, 0.29) is 27.5 Å². The van der Waals surface area contributed by atoms with Crippen molar-refractivity contribution >= 4 is 49.5 Å². The van der Waals surface area contributed by atoms with Crippen molar-refractivity contribution in [1.82, 2.24) is 8.96 Å². The molecule has 0 spiro atoms. The summed E-state index contributed by atoms with van der Waals surface area (Å²) in [5, 5.41) is 19.7. The van der Waals surface area contributed by atoms with E-state index in [4.69, 9.17) is 4.74 Å². The number of ether oxygens (including phenoxy) is 1. The van der Waals surface area contributed by atoms with Gasteiger partial charge in [-0.15, -0.1) is 4.36 Å². The van der Waals surface area contributed by atoms with Gasteiger partial charge >= 0.3 is 13.2 Å². The summed E-state index contributed by atoms with van der Waals surface area (Å²) in [6, 6.07) is 14.1. The maximum absolute atomic E-state index is 13.5. The van der Waals surface area contributed by atoms with Crippen molar-refractivity contribution in [2.75, 3.05) is 12.9 Å². The molecule has 1 atom stereocenters. The topological polar surface area (TPSA) is 148 Å². The molecular formula is C24H24BN3O7S2. The molecule has 0 bridgehead atoms. The number of aromatic nitrogens is 2. The van der Waals surface area contributed by atoms with Gasteiger partial charge in [-0.05, 0) is 49.7 Å². The predicted molar refractivity (Wildman–Crippen MR) is 141 cm³/mol. The van der Waals surface area contributed by atoms with E-state index in [0.29, 0.717) is 16.5 Å². The lowest BCUT2D eigenvalue weighted by Crippen LogP contribution is -2.30. The maximum Gasteiger partial charge on any atom is 0.490 e. The van der Waals surface area contributed by atoms with Crippen molar-refractivity contribution in [2.24, 2.45) is 4.36 Å². The third-order valence-electron chi connectivity index (χ3n) is 5.63. The highest BCUT2D eigenvalue weighted by molar-refractivity contribution is 7.93. The van der Waals surface area contributed by atoms with E-state index in [2.05, 4.69) is 9.35 Å². The van der Waals surface area contributed by atoms with Crippen molar-refractivity contribution in [3.63, 3.8) is 0 Å². The molecule has 1 unspecified atom stereocenters. The van der Waals surface area contributed by atoms with Crippen molar-refractivity contribution in [2.45, 2.75) is 23.6 Å². The van der Waals surface area contributed by atoms with Gasteiger partial charge in [0.05, 0.1) is 21.2 Å². The van der Waals surface area contributed by atoms with E-state index in [9.17, 15) is 27.5 Å². The first-order valence-electron chi connectivity index (χ1n) is 11.1. The minimum Gasteiger partial charge on any atom is -0.448 e. The lowest BCUT2D eigenvalue weighted by molar-refractivity contribution is 0.164. The molecule has 2 heterocycles. The number of aryl methyl sites for hydroxylation is 1. The molecule has 13 heteroatoms. The van der Waals surface area contributed by atoms with Crippen LogP contribution in [0.2, 0.25) is 0 Å². The smallest absolute Gasteiger partial charge is 0.448 e. The van der Waals surface area contributed by atoms with Gasteiger partial charge in [-0.2, -0.15) is 0 Å². The fraction of sp³-hybridized carbons (Fsp3) is 0.167. The van der Waals surface area contributed by atoms with Crippen LogP contribution >= 0.6 is 0 Å². The zero-order chi connectivity index (χ0) is 27.0. The summed E-state index contributed by atoms with van der Waals surface area (Å²) in [4.78, 5) is 16.3. The van der Waals surface area contributed by atoms with Crippen molar-refractivity contribution in [3.05, 3.63) is 72.6 Å². The predicted octanol–water partition coefficient (Wildman–Crippen LogP) is 2.54. The molecule has 4 rings (SSSR count). The van der Waals surface area contributed by atoms with Crippen LogP contribution in [0, 0.1) is 6.92 Å². The van der Waals surface area contributed by atoms with Gasteiger partial charge in [0.2, 0.25) is 0 Å². The number of benzene rings is 2. The molecule has 0 aliphatic carbocycles. The molecule has 0 saturated heterocycles. The molecule has 2 aromatic heterocycles. The molecule has 0 fully saturated rings. The molecule has 0 radical (unpaired) electrons. The fourth-order valence-electron chi connectivity index (χ4n) is 3.71. The molecule has 0 saturated carbocycles. The van der Waals surface area contributed by atoms with Gasteiger partial charge in [0, 0.05) is 40.0 Å². The maximum atomic E-state index is 13.5. The summed E-state index contributed by atoms with van der Waals surface area (Å²) >= 11 is 0. The van der Waals surface area contributed by atoms with E-state index >= 15 is 0 Å². The Kier molecular flexibility index (Phi) is 7.24. The Labute approximate surface area is 214 Å². The van der Waals surface area contributed by atoms with Crippen LogP contribution in [0.15, 0.2) is 81.1 Å². The van der Waals surface area contributed by atoms with Gasteiger partial charge in [-0.3, -0.25) is 0 Å². The van der Waals surface area contributed by atoms with Crippen LogP contribution in [-0.4, -0.2) is 57.7 Å². The Morgan fingerprint density at radius 3 is 2.27 bits per heavy atom. The first kappa shape index (κ1) is 26.5. The number of nitrogens with zero attached hydrogens (tertiary/aromatic N) is 3. The summed E-state index contributed by atoms with van der Waals surface area (Å²) in [7, 11) is -8.92. The van der Waals surface area contributed by atoms with Crippen LogP contribution in [0.5, 0.6) is 0 Å². The van der Waals surface area contributed by atoms with Gasteiger partial charge in [0.15, 0.2) is 5.65 Å². The minimum atomic E-state index is -4.04. The average molecular weight is 541 g/mol. The van der Waals surface area contributed by atoms with Crippen LogP contribution < -0.4 is 5.46 Å². The Morgan fingerprint density at radius 1 is 1.05 bits per heavy atom. The van der Waals surface area contributed by atoms with Crippen LogP contribution in [0.1, 0.15) is 12.5 Å². The number of rotatable bonds is 6. The highest BCUT2D eigenvalue weighted by atomic mass is 32.2. The molecule has 0 aliphatic heterocycles. The lowest BCUT2D eigenvalue weighted by Gasteiger charge is -2.07. The molecular weight excluding hydrogens is 517 g/mol. The van der Waals surface area contributed by atoms with E-state index in [0.717, 1.165) is 9.54 Å². The highest BCUT2D eigenvalue weighted by Crippen LogP contribution is 2.32. The minimum absolute atomic E-state index is 0.0660. The Morgan fingerprint density at radius 2 is 1.68 bits per heavy atom. The molecule has 37 heavy (non-hydrogen) atoms. The molecule has 2 N–H and O–H groups in total. The second kappa shape index (κ2) is 10.1.